The molecule has 0 amide bonds. The summed E-state index contributed by atoms with van der Waals surface area (Å²) in [4.78, 5) is 26.2. The first kappa shape index (κ1) is 22.0. The summed E-state index contributed by atoms with van der Waals surface area (Å²) in [7, 11) is 0. The number of aromatic nitrogens is 5. The molecule has 3 heterocycles. The van der Waals surface area contributed by atoms with Crippen LogP contribution in [-0.4, -0.2) is 65.7 Å². The van der Waals surface area contributed by atoms with Crippen molar-refractivity contribution in [2.24, 2.45) is 0 Å². The number of halogens is 5. The largest absolute Gasteiger partial charge is 0.453 e. The molecule has 166 valence electrons. The zero-order valence-corrected chi connectivity index (χ0v) is 15.0. The van der Waals surface area contributed by atoms with E-state index >= 15 is 0 Å². The van der Waals surface area contributed by atoms with Crippen LogP contribution in [0.4, 0.5) is 22.0 Å². The van der Waals surface area contributed by atoms with Crippen LogP contribution in [0.25, 0.3) is 11.3 Å². The first-order valence-corrected chi connectivity index (χ1v) is 8.58. The minimum atomic E-state index is -5.71. The lowest BCUT2D eigenvalue weighted by Gasteiger charge is -2.18. The second kappa shape index (κ2) is 7.88. The number of aliphatic hydroxyl groups excluding tert-OH is 2. The van der Waals surface area contributed by atoms with Gasteiger partial charge in [0.15, 0.2) is 0 Å². The highest BCUT2D eigenvalue weighted by Crippen LogP contribution is 2.38. The van der Waals surface area contributed by atoms with E-state index in [1.54, 1.807) is 0 Å². The van der Waals surface area contributed by atoms with E-state index in [2.05, 4.69) is 10.3 Å². The van der Waals surface area contributed by atoms with Crippen LogP contribution in [0.3, 0.4) is 0 Å². The lowest BCUT2D eigenvalue weighted by molar-refractivity contribution is -0.285. The van der Waals surface area contributed by atoms with Crippen molar-refractivity contribution in [2.75, 3.05) is 6.61 Å². The van der Waals surface area contributed by atoms with Crippen molar-refractivity contribution in [2.45, 2.75) is 49.9 Å². The van der Waals surface area contributed by atoms with Gasteiger partial charge < -0.3 is 14.9 Å². The van der Waals surface area contributed by atoms with Gasteiger partial charge in [-0.15, -0.1) is 5.10 Å². The number of aliphatic hydroxyl groups is 2. The quantitative estimate of drug-likeness (QED) is 0.538. The fourth-order valence-electron chi connectivity index (χ4n) is 2.86. The second-order valence-corrected chi connectivity index (χ2v) is 6.64. The van der Waals surface area contributed by atoms with E-state index < -0.39 is 61.4 Å². The van der Waals surface area contributed by atoms with Crippen LogP contribution in [-0.2, 0) is 11.3 Å². The molecule has 1 fully saturated rings. The molecule has 10 nitrogen and oxygen atoms in total. The molecule has 15 heteroatoms. The van der Waals surface area contributed by atoms with Gasteiger partial charge in [0.05, 0.1) is 24.5 Å². The van der Waals surface area contributed by atoms with E-state index in [0.717, 1.165) is 17.0 Å². The first-order chi connectivity index (χ1) is 13.9. The summed E-state index contributed by atoms with van der Waals surface area (Å²) in [5.74, 6) is -4.92. The fraction of sp³-hybridized carbons (Fsp3) is 0.600. The Morgan fingerprint density at radius 1 is 1.23 bits per heavy atom. The Labute approximate surface area is 163 Å². The smallest absolute Gasteiger partial charge is 0.394 e. The molecule has 0 spiro atoms. The van der Waals surface area contributed by atoms with Gasteiger partial charge in [-0.25, -0.2) is 4.79 Å². The van der Waals surface area contributed by atoms with E-state index in [1.807, 2.05) is 4.98 Å². The Morgan fingerprint density at radius 2 is 1.93 bits per heavy atom. The molecular formula is C15H16F5N5O5. The van der Waals surface area contributed by atoms with Crippen molar-refractivity contribution >= 4 is 0 Å². The molecule has 3 N–H and O–H groups in total. The maximum atomic E-state index is 13.0. The van der Waals surface area contributed by atoms with Crippen molar-refractivity contribution in [1.29, 1.82) is 0 Å². The highest BCUT2D eigenvalue weighted by atomic mass is 19.4. The summed E-state index contributed by atoms with van der Waals surface area (Å²) in [6.07, 6.45) is -8.33. The molecule has 0 unspecified atom stereocenters. The van der Waals surface area contributed by atoms with Gasteiger partial charge >= 0.3 is 17.8 Å². The lowest BCUT2D eigenvalue weighted by Crippen LogP contribution is -2.37. The van der Waals surface area contributed by atoms with Crippen molar-refractivity contribution in [3.05, 3.63) is 33.2 Å². The molecule has 3 atom stereocenters. The van der Waals surface area contributed by atoms with Crippen LogP contribution in [0, 0.1) is 0 Å². The van der Waals surface area contributed by atoms with Crippen LogP contribution < -0.4 is 11.2 Å². The average Bonchev–Trinajstić information content (AvgIpc) is 3.25. The number of aryl methyl sites for hydroxylation is 1. The van der Waals surface area contributed by atoms with E-state index in [4.69, 9.17) is 9.84 Å². The summed E-state index contributed by atoms with van der Waals surface area (Å²) >= 11 is 0. The van der Waals surface area contributed by atoms with Gasteiger partial charge in [0.2, 0.25) is 0 Å². The van der Waals surface area contributed by atoms with E-state index in [9.17, 15) is 36.6 Å². The Kier molecular flexibility index (Phi) is 5.79. The van der Waals surface area contributed by atoms with Crippen molar-refractivity contribution in [3.63, 3.8) is 0 Å². The molecule has 3 rings (SSSR count). The third kappa shape index (κ3) is 4.27. The first-order valence-electron chi connectivity index (χ1n) is 8.58. The molecule has 0 aliphatic carbocycles. The maximum absolute atomic E-state index is 13.0. The van der Waals surface area contributed by atoms with Gasteiger partial charge in [-0.1, -0.05) is 5.21 Å². The van der Waals surface area contributed by atoms with Crippen molar-refractivity contribution in [1.82, 2.24) is 24.5 Å². The molecule has 0 bridgehead atoms. The number of ether oxygens (including phenoxy) is 1. The van der Waals surface area contributed by atoms with Crippen LogP contribution in [0.1, 0.15) is 19.1 Å². The summed E-state index contributed by atoms with van der Waals surface area (Å²) < 4.78 is 69.8. The van der Waals surface area contributed by atoms with Crippen molar-refractivity contribution < 1.29 is 36.9 Å². The van der Waals surface area contributed by atoms with E-state index in [0.29, 0.717) is 4.68 Å². The Balaban J connectivity index is 1.84. The van der Waals surface area contributed by atoms with E-state index in [1.165, 1.54) is 0 Å². The summed E-state index contributed by atoms with van der Waals surface area (Å²) in [6.45, 7) is -1.33. The highest BCUT2D eigenvalue weighted by Gasteiger charge is 2.56. The maximum Gasteiger partial charge on any atom is 0.453 e. The van der Waals surface area contributed by atoms with Crippen LogP contribution in [0.15, 0.2) is 22.0 Å². The molecule has 0 saturated carbocycles. The zero-order valence-electron chi connectivity index (χ0n) is 15.0. The second-order valence-electron chi connectivity index (χ2n) is 6.64. The normalized spacial score (nSPS) is 22.6. The van der Waals surface area contributed by atoms with Gasteiger partial charge in [-0.2, -0.15) is 22.0 Å². The number of rotatable bonds is 6. The van der Waals surface area contributed by atoms with Gasteiger partial charge in [-0.05, 0) is 0 Å². The van der Waals surface area contributed by atoms with Gasteiger partial charge in [-0.3, -0.25) is 19.0 Å². The predicted molar refractivity (Wildman–Crippen MR) is 87.6 cm³/mol. The number of hydrogen-bond donors (Lipinski definition) is 3. The summed E-state index contributed by atoms with van der Waals surface area (Å²) in [6, 6.07) is 0. The van der Waals surface area contributed by atoms with Gasteiger partial charge in [0, 0.05) is 25.6 Å². The van der Waals surface area contributed by atoms with Gasteiger partial charge in [0.25, 0.3) is 5.56 Å². The third-order valence-corrected chi connectivity index (χ3v) is 4.55. The highest BCUT2D eigenvalue weighted by molar-refractivity contribution is 5.54. The van der Waals surface area contributed by atoms with Crippen LogP contribution >= 0.6 is 0 Å². The SMILES string of the molecule is O=c1[nH]c(=O)n([C@H]2C[C@H](O)[C@@H](CO)O2)cc1-c1cn(CCC(F)(F)C(F)(F)F)nn1. The molecule has 1 saturated heterocycles. The monoisotopic (exact) mass is 441 g/mol. The van der Waals surface area contributed by atoms with Gasteiger partial charge in [0.1, 0.15) is 18.0 Å². The van der Waals surface area contributed by atoms with E-state index in [-0.39, 0.29) is 17.7 Å². The number of alkyl halides is 5. The molecule has 0 aromatic carbocycles. The number of nitrogens with zero attached hydrogens (tertiary/aromatic N) is 4. The van der Waals surface area contributed by atoms with Crippen LogP contribution in [0.2, 0.25) is 0 Å². The minimum Gasteiger partial charge on any atom is -0.394 e. The molecule has 1 aliphatic rings. The number of aromatic amines is 1. The number of nitrogens with one attached hydrogen (secondary N) is 1. The number of hydrogen-bond acceptors (Lipinski definition) is 7. The average molecular weight is 441 g/mol. The Hall–Kier alpha value is -2.65. The zero-order chi connectivity index (χ0) is 22.3. The topological polar surface area (TPSA) is 135 Å². The molecule has 0 radical (unpaired) electrons. The van der Waals surface area contributed by atoms with Crippen molar-refractivity contribution in [3.8, 4) is 11.3 Å². The fourth-order valence-corrected chi connectivity index (χ4v) is 2.86. The standard InChI is InChI=1S/C15H16F5N5O5/c16-14(17,15(18,19)20)1-2-24-5-8(22-23-24)7-4-25(13(29)21-12(7)28)11-3-9(27)10(6-26)30-11/h4-5,9-11,26-27H,1-3,6H2,(H,21,28,29)/t9-,10+,11+/m0/s1. The molecule has 30 heavy (non-hydrogen) atoms. The van der Waals surface area contributed by atoms with Crippen LogP contribution in [0.5, 0.6) is 0 Å². The summed E-state index contributed by atoms with van der Waals surface area (Å²) in [5, 5.41) is 25.9. The third-order valence-electron chi connectivity index (χ3n) is 4.55. The minimum absolute atomic E-state index is 0.0597. The predicted octanol–water partition coefficient (Wildman–Crippen LogP) is 0.0235. The summed E-state index contributed by atoms with van der Waals surface area (Å²) in [5.41, 5.74) is -2.19. The molecule has 1 aliphatic heterocycles. The lowest BCUT2D eigenvalue weighted by atomic mass is 10.2. The Bertz CT molecular complexity index is 1020. The molecule has 2 aromatic rings. The Morgan fingerprint density at radius 3 is 2.53 bits per heavy atom. The molecule has 2 aromatic heterocycles. The molecular weight excluding hydrogens is 425 g/mol. The number of H-pyrrole nitrogens is 1.